The monoisotopic (exact) mass is 477 g/mol. The third-order valence-corrected chi connectivity index (χ3v) is 7.15. The summed E-state index contributed by atoms with van der Waals surface area (Å²) in [5.41, 5.74) is 1.67. The first kappa shape index (κ1) is 22.6. The van der Waals surface area contributed by atoms with Crippen LogP contribution in [0.1, 0.15) is 31.2 Å². The number of nitrogens with zero attached hydrogens (tertiary/aromatic N) is 4. The molecule has 2 fully saturated rings. The van der Waals surface area contributed by atoms with Crippen molar-refractivity contribution in [3.8, 4) is 0 Å². The summed E-state index contributed by atoms with van der Waals surface area (Å²) in [5, 5.41) is 4.88. The number of anilines is 1. The summed E-state index contributed by atoms with van der Waals surface area (Å²) in [5.74, 6) is 0.905. The number of hydrogen-bond acceptors (Lipinski definition) is 5. The average Bonchev–Trinajstić information content (AvgIpc) is 3.24. The molecule has 2 aromatic carbocycles. The molecule has 1 unspecified atom stereocenters. The Balaban J connectivity index is 1.18. The number of piperazine rings is 1. The molecule has 7 nitrogen and oxygen atoms in total. The number of rotatable bonds is 6. The molecule has 34 heavy (non-hydrogen) atoms. The van der Waals surface area contributed by atoms with Crippen molar-refractivity contribution in [1.29, 1.82) is 0 Å². The first-order chi connectivity index (χ1) is 16.5. The van der Waals surface area contributed by atoms with Gasteiger partial charge in [0.05, 0.1) is 5.52 Å². The van der Waals surface area contributed by atoms with Crippen LogP contribution in [0.15, 0.2) is 54.7 Å². The number of amides is 2. The number of carbonyl (C=O) groups is 2. The second kappa shape index (κ2) is 9.58. The number of fused-ring (bicyclic) bond motifs is 1. The van der Waals surface area contributed by atoms with E-state index in [0.717, 1.165) is 22.9 Å². The number of aromatic nitrogens is 2. The van der Waals surface area contributed by atoms with Gasteiger partial charge in [-0.05, 0) is 43.0 Å². The maximum Gasteiger partial charge on any atom is 0.225 e. The molecule has 0 bridgehead atoms. The van der Waals surface area contributed by atoms with Crippen molar-refractivity contribution < 1.29 is 9.59 Å². The molecule has 0 saturated carbocycles. The van der Waals surface area contributed by atoms with Crippen LogP contribution in [-0.4, -0.2) is 58.4 Å². The summed E-state index contributed by atoms with van der Waals surface area (Å²) in [6.07, 6.45) is 4.86. The first-order valence-electron chi connectivity index (χ1n) is 11.8. The van der Waals surface area contributed by atoms with Crippen molar-refractivity contribution in [1.82, 2.24) is 20.2 Å². The summed E-state index contributed by atoms with van der Waals surface area (Å²) < 4.78 is 0. The normalized spacial score (nSPS) is 20.6. The highest BCUT2D eigenvalue weighted by Crippen LogP contribution is 2.30. The molecule has 2 saturated heterocycles. The Kier molecular flexibility index (Phi) is 6.37. The minimum Gasteiger partial charge on any atom is -0.350 e. The molecule has 2 aliphatic rings. The van der Waals surface area contributed by atoms with E-state index in [1.54, 1.807) is 0 Å². The van der Waals surface area contributed by atoms with Gasteiger partial charge in [0.15, 0.2) is 0 Å². The quantitative estimate of drug-likeness (QED) is 0.587. The topological polar surface area (TPSA) is 78.4 Å². The van der Waals surface area contributed by atoms with E-state index in [2.05, 4.69) is 20.2 Å². The van der Waals surface area contributed by atoms with E-state index in [9.17, 15) is 9.59 Å². The largest absolute Gasteiger partial charge is 0.350 e. The fourth-order valence-corrected chi connectivity index (χ4v) is 5.08. The lowest BCUT2D eigenvalue weighted by molar-refractivity contribution is -0.132. The van der Waals surface area contributed by atoms with Crippen LogP contribution in [0.2, 0.25) is 5.02 Å². The number of para-hydroxylation sites is 1. The molecule has 2 amide bonds. The summed E-state index contributed by atoms with van der Waals surface area (Å²) in [4.78, 5) is 38.3. The lowest BCUT2D eigenvalue weighted by Gasteiger charge is -2.36. The highest BCUT2D eigenvalue weighted by atomic mass is 35.5. The molecule has 1 aromatic heterocycles. The van der Waals surface area contributed by atoms with Crippen LogP contribution in [0, 0.1) is 0 Å². The summed E-state index contributed by atoms with van der Waals surface area (Å²) in [6.45, 7) is 2.70. The van der Waals surface area contributed by atoms with Crippen molar-refractivity contribution >= 4 is 40.3 Å². The zero-order chi connectivity index (χ0) is 23.5. The Morgan fingerprint density at radius 2 is 1.82 bits per heavy atom. The molecular formula is C26H28ClN5O2. The number of carbonyl (C=O) groups excluding carboxylic acids is 2. The zero-order valence-electron chi connectivity index (χ0n) is 19.0. The molecule has 0 spiro atoms. The van der Waals surface area contributed by atoms with Crippen LogP contribution in [-0.2, 0) is 16.0 Å². The van der Waals surface area contributed by atoms with E-state index in [0.29, 0.717) is 62.8 Å². The Hall–Kier alpha value is -3.19. The summed E-state index contributed by atoms with van der Waals surface area (Å²) in [6, 6.07) is 15.7. The van der Waals surface area contributed by atoms with Crippen LogP contribution in [0.4, 0.5) is 5.95 Å². The fraction of sp³-hybridized carbons (Fsp3) is 0.385. The minimum absolute atomic E-state index is 0.0606. The molecule has 3 aromatic rings. The van der Waals surface area contributed by atoms with Crippen LogP contribution in [0.3, 0.4) is 0 Å². The summed E-state index contributed by atoms with van der Waals surface area (Å²) >= 11 is 6.02. The molecule has 1 N–H and O–H groups in total. The van der Waals surface area contributed by atoms with Gasteiger partial charge in [0.1, 0.15) is 0 Å². The zero-order valence-corrected chi connectivity index (χ0v) is 19.8. The van der Waals surface area contributed by atoms with Gasteiger partial charge in [0.2, 0.25) is 17.8 Å². The number of benzene rings is 2. The van der Waals surface area contributed by atoms with E-state index in [-0.39, 0.29) is 17.4 Å². The van der Waals surface area contributed by atoms with Crippen molar-refractivity contribution in [3.05, 3.63) is 65.3 Å². The number of halogens is 1. The van der Waals surface area contributed by atoms with Gasteiger partial charge in [-0.3, -0.25) is 9.59 Å². The Bertz CT molecular complexity index is 1190. The molecule has 1 atom stereocenters. The van der Waals surface area contributed by atoms with Crippen LogP contribution in [0.25, 0.3) is 10.9 Å². The standard InChI is InChI=1S/C26H28ClN5O2/c27-21-7-5-19(6-8-21)17-26(11-9-23(33)30-26)12-10-24(34)31-13-15-32(16-14-31)25-28-18-20-3-1-2-4-22(20)29-25/h1-8,18H,9-17H2,(H,30,33). The SMILES string of the molecule is O=C1CCC(CCC(=O)N2CCN(c3ncc4ccccc4n3)CC2)(Cc2ccc(Cl)cc2)N1. The Labute approximate surface area is 204 Å². The molecule has 0 radical (unpaired) electrons. The van der Waals surface area contributed by atoms with Gasteiger partial charge < -0.3 is 15.1 Å². The predicted octanol–water partition coefficient (Wildman–Crippen LogP) is 3.60. The first-order valence-corrected chi connectivity index (χ1v) is 12.2. The van der Waals surface area contributed by atoms with E-state index in [1.165, 1.54) is 0 Å². The Morgan fingerprint density at radius 3 is 2.56 bits per heavy atom. The lowest BCUT2D eigenvalue weighted by atomic mass is 9.85. The van der Waals surface area contributed by atoms with E-state index in [1.807, 2.05) is 59.6 Å². The van der Waals surface area contributed by atoms with E-state index >= 15 is 0 Å². The minimum atomic E-state index is -0.374. The summed E-state index contributed by atoms with van der Waals surface area (Å²) in [7, 11) is 0. The van der Waals surface area contributed by atoms with Gasteiger partial charge in [-0.25, -0.2) is 9.97 Å². The van der Waals surface area contributed by atoms with Gasteiger partial charge >= 0.3 is 0 Å². The highest BCUT2D eigenvalue weighted by molar-refractivity contribution is 6.30. The lowest BCUT2D eigenvalue weighted by Crippen LogP contribution is -2.50. The molecule has 2 aliphatic heterocycles. The van der Waals surface area contributed by atoms with Gasteiger partial charge in [-0.2, -0.15) is 0 Å². The number of hydrogen-bond donors (Lipinski definition) is 1. The van der Waals surface area contributed by atoms with Crippen molar-refractivity contribution in [2.45, 2.75) is 37.6 Å². The third kappa shape index (κ3) is 4.99. The molecule has 176 valence electrons. The molecule has 0 aliphatic carbocycles. The van der Waals surface area contributed by atoms with E-state index < -0.39 is 0 Å². The maximum atomic E-state index is 13.0. The number of nitrogens with one attached hydrogen (secondary N) is 1. The maximum absolute atomic E-state index is 13.0. The smallest absolute Gasteiger partial charge is 0.225 e. The molecular weight excluding hydrogens is 450 g/mol. The third-order valence-electron chi connectivity index (χ3n) is 6.90. The predicted molar refractivity (Wildman–Crippen MR) is 133 cm³/mol. The van der Waals surface area contributed by atoms with Crippen molar-refractivity contribution in [3.63, 3.8) is 0 Å². The fourth-order valence-electron chi connectivity index (χ4n) is 4.95. The van der Waals surface area contributed by atoms with Gasteiger partial charge in [-0.1, -0.05) is 41.9 Å². The van der Waals surface area contributed by atoms with Gasteiger partial charge in [0.25, 0.3) is 0 Å². The van der Waals surface area contributed by atoms with Crippen molar-refractivity contribution in [2.75, 3.05) is 31.1 Å². The van der Waals surface area contributed by atoms with Gasteiger partial charge in [-0.15, -0.1) is 0 Å². The highest BCUT2D eigenvalue weighted by Gasteiger charge is 2.38. The van der Waals surface area contributed by atoms with E-state index in [4.69, 9.17) is 11.6 Å². The molecule has 3 heterocycles. The van der Waals surface area contributed by atoms with Gasteiger partial charge in [0, 0.05) is 61.2 Å². The van der Waals surface area contributed by atoms with Crippen LogP contribution >= 0.6 is 11.6 Å². The molecule has 8 heteroatoms. The second-order valence-electron chi connectivity index (χ2n) is 9.23. The average molecular weight is 478 g/mol. The second-order valence-corrected chi connectivity index (χ2v) is 9.66. The van der Waals surface area contributed by atoms with Crippen LogP contribution < -0.4 is 10.2 Å². The van der Waals surface area contributed by atoms with Crippen LogP contribution in [0.5, 0.6) is 0 Å². The van der Waals surface area contributed by atoms with Crippen molar-refractivity contribution in [2.24, 2.45) is 0 Å². The Morgan fingerprint density at radius 1 is 1.06 bits per heavy atom. The molecule has 5 rings (SSSR count).